The average Bonchev–Trinajstić information content (AvgIpc) is 3.05. The molecule has 0 aliphatic heterocycles. The number of para-hydroxylation sites is 2. The van der Waals surface area contributed by atoms with Gasteiger partial charge >= 0.3 is 8.38 Å². The number of unbranched alkanes of at least 4 members (excludes halogenated alkanes) is 4. The van der Waals surface area contributed by atoms with Gasteiger partial charge in [-0.05, 0) is 96.9 Å². The Kier molecular flexibility index (Phi) is 13.7. The molecule has 0 spiro atoms. The SMILES string of the molecule is CCCCc1cccc(CCCC)c1OP(Oc1c(CCCC)cccc1CCCC)c1cccc(-c2ccccc2)c1. The first-order valence-corrected chi connectivity index (χ1v) is 17.9. The number of aryl methyl sites for hydroxylation is 4. The molecule has 0 unspecified atom stereocenters. The minimum atomic E-state index is -1.44. The number of hydrogen-bond donors (Lipinski definition) is 0. The number of hydrogen-bond acceptors (Lipinski definition) is 2. The summed E-state index contributed by atoms with van der Waals surface area (Å²) in [6.07, 6.45) is 13.3. The highest BCUT2D eigenvalue weighted by Crippen LogP contribution is 2.46. The third-order valence-electron chi connectivity index (χ3n) is 8.07. The van der Waals surface area contributed by atoms with E-state index in [2.05, 4.69) is 119 Å². The van der Waals surface area contributed by atoms with Crippen LogP contribution in [-0.2, 0) is 25.7 Å². The van der Waals surface area contributed by atoms with Crippen LogP contribution in [0.3, 0.4) is 0 Å². The number of rotatable bonds is 18. The summed E-state index contributed by atoms with van der Waals surface area (Å²) in [5.74, 6) is 2.09. The van der Waals surface area contributed by atoms with Gasteiger partial charge in [0.25, 0.3) is 0 Å². The summed E-state index contributed by atoms with van der Waals surface area (Å²) in [4.78, 5) is 0. The summed E-state index contributed by atoms with van der Waals surface area (Å²) in [5, 5.41) is 1.11. The fourth-order valence-corrected chi connectivity index (χ4v) is 6.99. The van der Waals surface area contributed by atoms with E-state index in [9.17, 15) is 0 Å². The first-order chi connectivity index (χ1) is 21.2. The Bertz CT molecular complexity index is 1260. The molecule has 0 amide bonds. The topological polar surface area (TPSA) is 18.5 Å². The number of benzene rings is 4. The van der Waals surface area contributed by atoms with Gasteiger partial charge in [0.15, 0.2) is 0 Å². The molecule has 0 N–H and O–H groups in total. The van der Waals surface area contributed by atoms with E-state index >= 15 is 0 Å². The molecule has 4 aromatic carbocycles. The van der Waals surface area contributed by atoms with Crippen molar-refractivity contribution in [2.45, 2.75) is 105 Å². The molecule has 0 radical (unpaired) electrons. The Morgan fingerprint density at radius 1 is 0.442 bits per heavy atom. The molecule has 0 fully saturated rings. The second-order valence-electron chi connectivity index (χ2n) is 11.6. The fraction of sp³-hybridized carbons (Fsp3) is 0.400. The predicted molar refractivity (Wildman–Crippen MR) is 187 cm³/mol. The van der Waals surface area contributed by atoms with Gasteiger partial charge in [-0.3, -0.25) is 0 Å². The zero-order valence-corrected chi connectivity index (χ0v) is 27.8. The zero-order valence-electron chi connectivity index (χ0n) is 26.9. The second-order valence-corrected chi connectivity index (χ2v) is 13.0. The van der Waals surface area contributed by atoms with Crippen molar-refractivity contribution in [1.29, 1.82) is 0 Å². The van der Waals surface area contributed by atoms with Crippen molar-refractivity contribution in [2.75, 3.05) is 0 Å². The van der Waals surface area contributed by atoms with Crippen LogP contribution in [0.1, 0.15) is 101 Å². The summed E-state index contributed by atoms with van der Waals surface area (Å²) in [5.41, 5.74) is 7.60. The molecule has 4 aromatic rings. The van der Waals surface area contributed by atoms with E-state index in [1.807, 2.05) is 0 Å². The zero-order chi connectivity index (χ0) is 30.3. The van der Waals surface area contributed by atoms with Gasteiger partial charge in [0, 0.05) is 0 Å². The summed E-state index contributed by atoms with van der Waals surface area (Å²) in [6, 6.07) is 32.9. The van der Waals surface area contributed by atoms with Crippen molar-refractivity contribution >= 4 is 13.7 Å². The van der Waals surface area contributed by atoms with Crippen LogP contribution in [0.5, 0.6) is 11.5 Å². The summed E-state index contributed by atoms with van der Waals surface area (Å²) < 4.78 is 14.4. The van der Waals surface area contributed by atoms with Crippen LogP contribution in [0, 0.1) is 0 Å². The highest BCUT2D eigenvalue weighted by molar-refractivity contribution is 7.56. The van der Waals surface area contributed by atoms with Crippen molar-refractivity contribution in [3.05, 3.63) is 113 Å². The minimum Gasteiger partial charge on any atom is -0.435 e. The molecule has 4 rings (SSSR count). The van der Waals surface area contributed by atoms with E-state index in [4.69, 9.17) is 9.05 Å². The van der Waals surface area contributed by atoms with Gasteiger partial charge in [-0.15, -0.1) is 0 Å². The lowest BCUT2D eigenvalue weighted by Gasteiger charge is -2.25. The molecule has 3 heteroatoms. The van der Waals surface area contributed by atoms with Crippen molar-refractivity contribution in [3.8, 4) is 22.6 Å². The summed E-state index contributed by atoms with van der Waals surface area (Å²) in [6.45, 7) is 9.05. The monoisotopic (exact) mass is 594 g/mol. The third-order valence-corrected chi connectivity index (χ3v) is 9.46. The van der Waals surface area contributed by atoms with Crippen molar-refractivity contribution in [1.82, 2.24) is 0 Å². The largest absolute Gasteiger partial charge is 0.435 e. The van der Waals surface area contributed by atoms with Gasteiger partial charge in [0.05, 0.1) is 5.30 Å². The van der Waals surface area contributed by atoms with Gasteiger partial charge in [-0.25, -0.2) is 0 Å². The summed E-state index contributed by atoms with van der Waals surface area (Å²) in [7, 11) is -1.44. The highest BCUT2D eigenvalue weighted by Gasteiger charge is 2.25. The van der Waals surface area contributed by atoms with Crippen LogP contribution >= 0.6 is 8.38 Å². The Balaban J connectivity index is 1.83. The summed E-state index contributed by atoms with van der Waals surface area (Å²) >= 11 is 0. The Hall–Kier alpha value is -3.09. The molecule has 0 saturated carbocycles. The maximum Gasteiger partial charge on any atom is 0.326 e. The van der Waals surface area contributed by atoms with Crippen LogP contribution in [0.4, 0.5) is 0 Å². The first-order valence-electron chi connectivity index (χ1n) is 16.7. The van der Waals surface area contributed by atoms with Gasteiger partial charge in [0.1, 0.15) is 11.5 Å². The fourth-order valence-electron chi connectivity index (χ4n) is 5.49. The molecule has 0 saturated heterocycles. The standard InChI is InChI=1S/C40H51O2P/c1-5-9-19-33-25-16-26-34(20-10-6-2)39(33)41-43(38-30-18-29-37(31-38)32-23-14-13-15-24-32)42-40-35(21-11-7-3)27-17-28-36(40)22-12-8-4/h13-18,23-31H,5-12,19-22H2,1-4H3. The van der Waals surface area contributed by atoms with Crippen molar-refractivity contribution in [2.24, 2.45) is 0 Å². The van der Waals surface area contributed by atoms with Crippen LogP contribution in [0.25, 0.3) is 11.1 Å². The second kappa shape index (κ2) is 17.9. The van der Waals surface area contributed by atoms with Crippen molar-refractivity contribution in [3.63, 3.8) is 0 Å². The van der Waals surface area contributed by atoms with Crippen LogP contribution in [0.15, 0.2) is 91.0 Å². The van der Waals surface area contributed by atoms with E-state index in [0.717, 1.165) is 93.9 Å². The molecule has 43 heavy (non-hydrogen) atoms. The van der Waals surface area contributed by atoms with E-state index < -0.39 is 8.38 Å². The van der Waals surface area contributed by atoms with Crippen molar-refractivity contribution < 1.29 is 9.05 Å². The lowest BCUT2D eigenvalue weighted by atomic mass is 10.0. The predicted octanol–water partition coefficient (Wildman–Crippen LogP) is 11.8. The maximum atomic E-state index is 7.21. The quantitative estimate of drug-likeness (QED) is 0.107. The Morgan fingerprint density at radius 2 is 0.837 bits per heavy atom. The maximum absolute atomic E-state index is 7.21. The van der Waals surface area contributed by atoms with Crippen LogP contribution < -0.4 is 14.4 Å². The van der Waals surface area contributed by atoms with Gasteiger partial charge in [0.2, 0.25) is 0 Å². The third kappa shape index (κ3) is 9.45. The molecule has 0 aliphatic rings. The molecule has 0 atom stereocenters. The molecule has 0 heterocycles. The first kappa shape index (κ1) is 32.8. The van der Waals surface area contributed by atoms with E-state index in [-0.39, 0.29) is 0 Å². The average molecular weight is 595 g/mol. The minimum absolute atomic E-state index is 1.02. The molecule has 0 aliphatic carbocycles. The van der Waals surface area contributed by atoms with Gasteiger partial charge in [-0.2, -0.15) is 0 Å². The van der Waals surface area contributed by atoms with E-state index in [0.29, 0.717) is 0 Å². The highest BCUT2D eigenvalue weighted by atomic mass is 31.2. The van der Waals surface area contributed by atoms with Crippen LogP contribution in [0.2, 0.25) is 0 Å². The van der Waals surface area contributed by atoms with Gasteiger partial charge < -0.3 is 9.05 Å². The molecule has 2 nitrogen and oxygen atoms in total. The van der Waals surface area contributed by atoms with Gasteiger partial charge in [-0.1, -0.05) is 132 Å². The molecular weight excluding hydrogens is 543 g/mol. The van der Waals surface area contributed by atoms with E-state index in [1.54, 1.807) is 0 Å². The smallest absolute Gasteiger partial charge is 0.326 e. The molecular formula is C40H51O2P. The van der Waals surface area contributed by atoms with Crippen LogP contribution in [-0.4, -0.2) is 0 Å². The normalized spacial score (nSPS) is 11.2. The molecule has 0 aromatic heterocycles. The lowest BCUT2D eigenvalue weighted by molar-refractivity contribution is 0.484. The Morgan fingerprint density at radius 3 is 1.26 bits per heavy atom. The molecule has 0 bridgehead atoms. The Labute approximate surface area is 262 Å². The molecule has 228 valence electrons. The van der Waals surface area contributed by atoms with E-state index in [1.165, 1.54) is 33.4 Å². The lowest BCUT2D eigenvalue weighted by Crippen LogP contribution is -2.13.